The summed E-state index contributed by atoms with van der Waals surface area (Å²) >= 11 is 12.8. The van der Waals surface area contributed by atoms with E-state index in [0.717, 1.165) is 15.9 Å². The Hall–Kier alpha value is -1.71. The fourth-order valence-corrected chi connectivity index (χ4v) is 3.47. The van der Waals surface area contributed by atoms with E-state index in [1.165, 1.54) is 10.7 Å². The molecular weight excluding hydrogens is 504 g/mol. The summed E-state index contributed by atoms with van der Waals surface area (Å²) in [5.41, 5.74) is 2.01. The van der Waals surface area contributed by atoms with E-state index >= 15 is 0 Å². The predicted molar refractivity (Wildman–Crippen MR) is 108 cm³/mol. The van der Waals surface area contributed by atoms with Crippen molar-refractivity contribution in [2.75, 3.05) is 5.32 Å². The minimum absolute atomic E-state index is 0.0523. The highest BCUT2D eigenvalue weighted by Gasteiger charge is 2.16. The number of nitrogens with one attached hydrogen (secondary N) is 1. The highest BCUT2D eigenvalue weighted by atomic mass is 79.9. The van der Waals surface area contributed by atoms with Crippen molar-refractivity contribution >= 4 is 55.2 Å². The second-order valence-corrected chi connectivity index (χ2v) is 7.97. The molecule has 1 amide bonds. The van der Waals surface area contributed by atoms with Crippen LogP contribution >= 0.6 is 43.5 Å². The van der Waals surface area contributed by atoms with Gasteiger partial charge in [-0.3, -0.25) is 14.2 Å². The third-order valence-corrected chi connectivity index (χ3v) is 6.03. The lowest BCUT2D eigenvalue weighted by atomic mass is 10.2. The monoisotopic (exact) mass is 517 g/mol. The van der Waals surface area contributed by atoms with Gasteiger partial charge in [0, 0.05) is 16.8 Å². The van der Waals surface area contributed by atoms with Crippen molar-refractivity contribution in [1.82, 2.24) is 19.6 Å². The molecule has 0 saturated carbocycles. The summed E-state index contributed by atoms with van der Waals surface area (Å²) in [6.07, 6.45) is 1.65. The second-order valence-electron chi connectivity index (χ2n) is 5.91. The van der Waals surface area contributed by atoms with E-state index < -0.39 is 5.82 Å². The van der Waals surface area contributed by atoms with Crippen molar-refractivity contribution in [1.29, 1.82) is 0 Å². The van der Waals surface area contributed by atoms with Crippen molar-refractivity contribution in [3.63, 3.8) is 0 Å². The van der Waals surface area contributed by atoms with Gasteiger partial charge in [0.2, 0.25) is 5.91 Å². The first kappa shape index (κ1) is 20.0. The van der Waals surface area contributed by atoms with E-state index in [1.54, 1.807) is 23.0 Å². The number of benzene rings is 1. The number of aromatic nitrogens is 4. The third-order valence-electron chi connectivity index (χ3n) is 3.94. The van der Waals surface area contributed by atoms with Gasteiger partial charge in [-0.05, 0) is 57.8 Å². The number of halogens is 4. The zero-order chi connectivity index (χ0) is 19.7. The maximum absolute atomic E-state index is 13.9. The smallest absolute Gasteiger partial charge is 0.247 e. The van der Waals surface area contributed by atoms with E-state index in [0.29, 0.717) is 20.9 Å². The Balaban J connectivity index is 1.73. The van der Waals surface area contributed by atoms with E-state index in [4.69, 9.17) is 11.6 Å². The van der Waals surface area contributed by atoms with Crippen LogP contribution in [0.5, 0.6) is 0 Å². The molecule has 10 heteroatoms. The minimum atomic E-state index is -0.408. The molecule has 0 unspecified atom stereocenters. The van der Waals surface area contributed by atoms with Gasteiger partial charge in [0.1, 0.15) is 12.4 Å². The van der Waals surface area contributed by atoms with Crippen LogP contribution in [0.1, 0.15) is 17.0 Å². The van der Waals surface area contributed by atoms with Gasteiger partial charge in [0.25, 0.3) is 0 Å². The average Bonchev–Trinajstić information content (AvgIpc) is 3.06. The fourth-order valence-electron chi connectivity index (χ4n) is 2.54. The third kappa shape index (κ3) is 4.41. The molecule has 3 rings (SSSR count). The van der Waals surface area contributed by atoms with E-state index in [9.17, 15) is 9.18 Å². The summed E-state index contributed by atoms with van der Waals surface area (Å²) in [5.74, 6) is -0.342. The van der Waals surface area contributed by atoms with Crippen LogP contribution in [0.3, 0.4) is 0 Å². The van der Waals surface area contributed by atoms with Gasteiger partial charge < -0.3 is 5.32 Å². The van der Waals surface area contributed by atoms with E-state index in [1.807, 2.05) is 13.8 Å². The summed E-state index contributed by atoms with van der Waals surface area (Å²) in [4.78, 5) is 12.3. The Bertz CT molecular complexity index is 997. The molecule has 3 aromatic rings. The number of carbonyl (C=O) groups is 1. The van der Waals surface area contributed by atoms with Crippen molar-refractivity contribution in [3.05, 3.63) is 61.1 Å². The topological polar surface area (TPSA) is 64.7 Å². The molecule has 0 spiro atoms. The van der Waals surface area contributed by atoms with Crippen LogP contribution < -0.4 is 5.32 Å². The summed E-state index contributed by atoms with van der Waals surface area (Å²) < 4.78 is 18.5. The number of hydrogen-bond acceptors (Lipinski definition) is 3. The molecule has 0 aliphatic rings. The number of aryl methyl sites for hydroxylation is 1. The van der Waals surface area contributed by atoms with Crippen LogP contribution in [0, 0.1) is 19.7 Å². The van der Waals surface area contributed by atoms with Gasteiger partial charge in [-0.2, -0.15) is 10.2 Å². The summed E-state index contributed by atoms with van der Waals surface area (Å²) in [6, 6.07) is 4.51. The highest BCUT2D eigenvalue weighted by molar-refractivity contribution is 9.11. The van der Waals surface area contributed by atoms with Crippen molar-refractivity contribution in [2.45, 2.75) is 26.9 Å². The minimum Gasteiger partial charge on any atom is -0.307 e. The van der Waals surface area contributed by atoms with Gasteiger partial charge in [-0.15, -0.1) is 0 Å². The zero-order valence-corrected chi connectivity index (χ0v) is 18.4. The molecule has 0 aliphatic heterocycles. The van der Waals surface area contributed by atoms with Crippen molar-refractivity contribution in [3.8, 4) is 0 Å². The van der Waals surface area contributed by atoms with Crippen molar-refractivity contribution < 1.29 is 9.18 Å². The number of amides is 1. The number of hydrogen-bond donors (Lipinski definition) is 1. The normalized spacial score (nSPS) is 11.0. The van der Waals surface area contributed by atoms with E-state index in [2.05, 4.69) is 47.4 Å². The summed E-state index contributed by atoms with van der Waals surface area (Å²) in [7, 11) is 0. The molecule has 0 radical (unpaired) electrons. The Morgan fingerprint density at radius 1 is 1.30 bits per heavy atom. The van der Waals surface area contributed by atoms with Crippen molar-refractivity contribution in [2.24, 2.45) is 0 Å². The maximum Gasteiger partial charge on any atom is 0.247 e. The lowest BCUT2D eigenvalue weighted by Crippen LogP contribution is -2.21. The van der Waals surface area contributed by atoms with Gasteiger partial charge in [-0.25, -0.2) is 4.39 Å². The SMILES string of the molecule is Cc1nn(CC(=O)Nc2nn(Cc3c(F)cccc3Cl)cc2Br)c(C)c1Br. The molecular formula is C17H15Br2ClFN5O. The van der Waals surface area contributed by atoms with Crippen LogP contribution in [0.25, 0.3) is 0 Å². The van der Waals surface area contributed by atoms with Gasteiger partial charge in [0.15, 0.2) is 5.82 Å². The Morgan fingerprint density at radius 3 is 2.67 bits per heavy atom. The number of carbonyl (C=O) groups excluding carboxylic acids is 1. The lowest BCUT2D eigenvalue weighted by Gasteiger charge is -2.06. The second kappa shape index (κ2) is 8.12. The molecule has 0 bridgehead atoms. The molecule has 0 aliphatic carbocycles. The van der Waals surface area contributed by atoms with Crippen LogP contribution in [-0.2, 0) is 17.9 Å². The Kier molecular flexibility index (Phi) is 6.02. The first-order chi connectivity index (χ1) is 12.8. The predicted octanol–water partition coefficient (Wildman–Crippen LogP) is 4.70. The number of rotatable bonds is 5. The molecule has 2 aromatic heterocycles. The largest absolute Gasteiger partial charge is 0.307 e. The first-order valence-electron chi connectivity index (χ1n) is 7.91. The molecule has 142 valence electrons. The molecule has 2 heterocycles. The molecule has 0 atom stereocenters. The number of anilines is 1. The maximum atomic E-state index is 13.9. The molecule has 0 fully saturated rings. The van der Waals surface area contributed by atoms with Crippen LogP contribution in [-0.4, -0.2) is 25.5 Å². The zero-order valence-electron chi connectivity index (χ0n) is 14.4. The average molecular weight is 520 g/mol. The van der Waals surface area contributed by atoms with Gasteiger partial charge >= 0.3 is 0 Å². The van der Waals surface area contributed by atoms with E-state index in [-0.39, 0.29) is 19.0 Å². The van der Waals surface area contributed by atoms with Crippen LogP contribution in [0.2, 0.25) is 5.02 Å². The molecule has 1 aromatic carbocycles. The molecule has 1 N–H and O–H groups in total. The number of nitrogens with zero attached hydrogens (tertiary/aromatic N) is 4. The standard InChI is InChI=1S/C17H15Br2ClFN5O/c1-9-16(19)10(2)26(23-9)8-15(27)22-17-12(18)7-25(24-17)6-11-13(20)4-3-5-14(11)21/h3-5,7H,6,8H2,1-2H3,(H,22,24,27). The highest BCUT2D eigenvalue weighted by Crippen LogP contribution is 2.24. The first-order valence-corrected chi connectivity index (χ1v) is 9.88. The van der Waals surface area contributed by atoms with Gasteiger partial charge in [-0.1, -0.05) is 17.7 Å². The van der Waals surface area contributed by atoms with Gasteiger partial charge in [0.05, 0.1) is 26.9 Å². The summed E-state index contributed by atoms with van der Waals surface area (Å²) in [6.45, 7) is 3.93. The Morgan fingerprint density at radius 2 is 2.04 bits per heavy atom. The van der Waals surface area contributed by atoms with Crippen LogP contribution in [0.15, 0.2) is 33.3 Å². The fraction of sp³-hybridized carbons (Fsp3) is 0.235. The summed E-state index contributed by atoms with van der Waals surface area (Å²) in [5, 5.41) is 11.6. The Labute approximate surface area is 177 Å². The molecule has 27 heavy (non-hydrogen) atoms. The quantitative estimate of drug-likeness (QED) is 0.532. The lowest BCUT2D eigenvalue weighted by molar-refractivity contribution is -0.117. The molecule has 0 saturated heterocycles. The molecule has 6 nitrogen and oxygen atoms in total. The van der Waals surface area contributed by atoms with Crippen LogP contribution in [0.4, 0.5) is 10.2 Å².